The molecule has 0 atom stereocenters. The lowest BCUT2D eigenvalue weighted by molar-refractivity contribution is -0.104. The van der Waals surface area contributed by atoms with Gasteiger partial charge in [-0.05, 0) is 40.0 Å². The van der Waals surface area contributed by atoms with Crippen molar-refractivity contribution >= 4 is 30.3 Å². The molecule has 3 aliphatic rings. The summed E-state index contributed by atoms with van der Waals surface area (Å²) in [6.07, 6.45) is 15.4. The van der Waals surface area contributed by atoms with Gasteiger partial charge in [-0.2, -0.15) is 0 Å². The molecule has 0 aromatic heterocycles. The molecule has 0 spiro atoms. The Morgan fingerprint density at radius 2 is 2.10 bits per heavy atom. The molecule has 1 aromatic carbocycles. The number of hydrogen-bond donors (Lipinski definition) is 0. The van der Waals surface area contributed by atoms with Crippen LogP contribution in [0.4, 0.5) is 0 Å². The topological polar surface area (TPSA) is 26.3 Å². The van der Waals surface area contributed by atoms with Crippen LogP contribution in [-0.4, -0.2) is 6.29 Å². The van der Waals surface area contributed by atoms with Gasteiger partial charge in [-0.25, -0.2) is 0 Å². The summed E-state index contributed by atoms with van der Waals surface area (Å²) < 4.78 is 5.56. The summed E-state index contributed by atoms with van der Waals surface area (Å²) in [5, 5.41) is 2.24. The third-order valence-corrected chi connectivity index (χ3v) is 3.88. The van der Waals surface area contributed by atoms with Crippen molar-refractivity contribution in [1.82, 2.24) is 0 Å². The highest BCUT2D eigenvalue weighted by Gasteiger charge is 2.16. The summed E-state index contributed by atoms with van der Waals surface area (Å²) in [5.74, 6) is 0. The van der Waals surface area contributed by atoms with Crippen molar-refractivity contribution in [3.05, 3.63) is 69.3 Å². The van der Waals surface area contributed by atoms with E-state index in [1.54, 1.807) is 12.5 Å². The van der Waals surface area contributed by atoms with Crippen molar-refractivity contribution in [2.24, 2.45) is 0 Å². The third-order valence-electron chi connectivity index (χ3n) is 3.88. The summed E-state index contributed by atoms with van der Waals surface area (Å²) in [5.41, 5.74) is 5.35. The quantitative estimate of drug-likeness (QED) is 0.722. The van der Waals surface area contributed by atoms with Crippen LogP contribution in [-0.2, 0) is 9.53 Å². The fourth-order valence-electron chi connectivity index (χ4n) is 2.89. The Morgan fingerprint density at radius 3 is 3.00 bits per heavy atom. The van der Waals surface area contributed by atoms with Crippen LogP contribution < -0.4 is 10.4 Å². The summed E-state index contributed by atoms with van der Waals surface area (Å²) in [4.78, 5) is 10.9. The minimum Gasteiger partial charge on any atom is -0.471 e. The maximum Gasteiger partial charge on any atom is 0.146 e. The molecule has 0 saturated heterocycles. The second-order valence-electron chi connectivity index (χ2n) is 5.04. The number of rotatable bonds is 1. The summed E-state index contributed by atoms with van der Waals surface area (Å²) in [6.45, 7) is 0. The minimum atomic E-state index is 0.679. The van der Waals surface area contributed by atoms with Crippen LogP contribution in [0.3, 0.4) is 0 Å². The van der Waals surface area contributed by atoms with E-state index in [0.29, 0.717) is 6.42 Å². The SMILES string of the molecule is O=CC1=Cc2ccc3c(c2=CC1)=COC=C1C=CC=C13. The molecule has 0 bridgehead atoms. The van der Waals surface area contributed by atoms with Gasteiger partial charge in [-0.3, -0.25) is 4.79 Å². The van der Waals surface area contributed by atoms with Gasteiger partial charge in [0, 0.05) is 10.8 Å². The monoisotopic (exact) mass is 260 g/mol. The fourth-order valence-corrected chi connectivity index (χ4v) is 2.89. The Balaban J connectivity index is 2.01. The van der Waals surface area contributed by atoms with E-state index in [0.717, 1.165) is 33.4 Å². The molecule has 2 heteroatoms. The lowest BCUT2D eigenvalue weighted by Crippen LogP contribution is -2.32. The molecule has 0 amide bonds. The summed E-state index contributed by atoms with van der Waals surface area (Å²) in [7, 11) is 0. The molecular formula is C18H12O2. The Labute approximate surface area is 116 Å². The number of carbonyl (C=O) groups is 1. The van der Waals surface area contributed by atoms with E-state index < -0.39 is 0 Å². The van der Waals surface area contributed by atoms with Crippen LogP contribution in [0.5, 0.6) is 0 Å². The highest BCUT2D eigenvalue weighted by molar-refractivity contribution is 5.89. The van der Waals surface area contributed by atoms with Crippen LogP contribution >= 0.6 is 0 Å². The smallest absolute Gasteiger partial charge is 0.146 e. The van der Waals surface area contributed by atoms with Crippen LogP contribution in [0.25, 0.3) is 24.0 Å². The molecule has 2 nitrogen and oxygen atoms in total. The molecule has 20 heavy (non-hydrogen) atoms. The Hall–Kier alpha value is -2.61. The first kappa shape index (κ1) is 11.2. The van der Waals surface area contributed by atoms with E-state index in [1.165, 1.54) is 11.1 Å². The zero-order valence-electron chi connectivity index (χ0n) is 10.8. The number of hydrogen-bond acceptors (Lipinski definition) is 2. The second kappa shape index (κ2) is 4.20. The van der Waals surface area contributed by atoms with E-state index in [-0.39, 0.29) is 0 Å². The number of benzene rings is 1. The highest BCUT2D eigenvalue weighted by Crippen LogP contribution is 2.28. The average molecular weight is 260 g/mol. The fraction of sp³-hybridized carbons (Fsp3) is 0.0556. The van der Waals surface area contributed by atoms with Gasteiger partial charge in [-0.1, -0.05) is 36.4 Å². The molecule has 0 fully saturated rings. The Morgan fingerprint density at radius 1 is 1.15 bits per heavy atom. The van der Waals surface area contributed by atoms with Crippen molar-refractivity contribution in [3.63, 3.8) is 0 Å². The number of carbonyl (C=O) groups excluding carboxylic acids is 1. The molecule has 1 aromatic rings. The normalized spacial score (nSPS) is 17.9. The lowest BCUT2D eigenvalue weighted by atomic mass is 9.93. The van der Waals surface area contributed by atoms with E-state index in [9.17, 15) is 4.79 Å². The predicted octanol–water partition coefficient (Wildman–Crippen LogP) is 2.06. The molecule has 2 aliphatic carbocycles. The second-order valence-corrected chi connectivity index (χ2v) is 5.04. The molecule has 96 valence electrons. The van der Waals surface area contributed by atoms with Crippen molar-refractivity contribution in [2.45, 2.75) is 6.42 Å². The van der Waals surface area contributed by atoms with E-state index in [4.69, 9.17) is 4.74 Å². The van der Waals surface area contributed by atoms with Crippen LogP contribution in [0.15, 0.2) is 47.8 Å². The van der Waals surface area contributed by atoms with E-state index in [2.05, 4.69) is 24.3 Å². The maximum atomic E-state index is 10.9. The van der Waals surface area contributed by atoms with Gasteiger partial charge in [-0.15, -0.1) is 0 Å². The van der Waals surface area contributed by atoms with Crippen LogP contribution in [0, 0.1) is 0 Å². The zero-order valence-corrected chi connectivity index (χ0v) is 10.8. The number of aldehydes is 1. The van der Waals surface area contributed by atoms with Crippen LogP contribution in [0.2, 0.25) is 0 Å². The summed E-state index contributed by atoms with van der Waals surface area (Å²) >= 11 is 0. The largest absolute Gasteiger partial charge is 0.471 e. The minimum absolute atomic E-state index is 0.679. The van der Waals surface area contributed by atoms with Gasteiger partial charge in [0.25, 0.3) is 0 Å². The molecule has 0 saturated carbocycles. The third kappa shape index (κ3) is 1.55. The molecule has 1 aliphatic heterocycles. The zero-order chi connectivity index (χ0) is 13.5. The molecule has 0 N–H and O–H groups in total. The maximum absolute atomic E-state index is 10.9. The Bertz CT molecular complexity index is 861. The molecule has 4 rings (SSSR count). The van der Waals surface area contributed by atoms with Gasteiger partial charge < -0.3 is 4.74 Å². The van der Waals surface area contributed by atoms with Gasteiger partial charge in [0.05, 0.1) is 12.5 Å². The van der Waals surface area contributed by atoms with E-state index in [1.807, 2.05) is 18.2 Å². The highest BCUT2D eigenvalue weighted by atomic mass is 16.5. The van der Waals surface area contributed by atoms with E-state index >= 15 is 0 Å². The van der Waals surface area contributed by atoms with Gasteiger partial charge in [0.15, 0.2) is 0 Å². The van der Waals surface area contributed by atoms with Crippen molar-refractivity contribution in [2.75, 3.05) is 0 Å². The molecular weight excluding hydrogens is 248 g/mol. The predicted molar refractivity (Wildman–Crippen MR) is 79.6 cm³/mol. The molecule has 0 radical (unpaired) electrons. The Kier molecular flexibility index (Phi) is 2.36. The van der Waals surface area contributed by atoms with Crippen LogP contribution in [0.1, 0.15) is 17.5 Å². The summed E-state index contributed by atoms with van der Waals surface area (Å²) in [6, 6.07) is 4.17. The number of allylic oxidation sites excluding steroid dienone is 6. The first-order valence-corrected chi connectivity index (χ1v) is 6.61. The number of fused-ring (bicyclic) bond motifs is 5. The van der Waals surface area contributed by atoms with Gasteiger partial charge in [0.2, 0.25) is 0 Å². The van der Waals surface area contributed by atoms with Crippen molar-refractivity contribution in [1.29, 1.82) is 0 Å². The standard InChI is InChI=1S/C18H12O2/c19-9-12-4-6-16-13(8-12)5-7-17-15-3-1-2-14(15)10-20-11-18(16)17/h1-3,5-11H,4H2. The average Bonchev–Trinajstić information content (AvgIpc) is 2.88. The molecule has 1 heterocycles. The van der Waals surface area contributed by atoms with Gasteiger partial charge in [0.1, 0.15) is 6.29 Å². The van der Waals surface area contributed by atoms with Crippen molar-refractivity contribution in [3.8, 4) is 0 Å². The number of ether oxygens (including phenoxy) is 1. The first-order chi connectivity index (χ1) is 9.86. The van der Waals surface area contributed by atoms with Crippen molar-refractivity contribution < 1.29 is 9.53 Å². The lowest BCUT2D eigenvalue weighted by Gasteiger charge is -2.10. The van der Waals surface area contributed by atoms with Gasteiger partial charge >= 0.3 is 0 Å². The molecule has 0 unspecified atom stereocenters. The first-order valence-electron chi connectivity index (χ1n) is 6.61.